The molecule has 0 aliphatic heterocycles. The zero-order valence-corrected chi connectivity index (χ0v) is 12.4. The Morgan fingerprint density at radius 2 is 1.90 bits per heavy atom. The molecule has 0 fully saturated rings. The quantitative estimate of drug-likeness (QED) is 0.869. The highest BCUT2D eigenvalue weighted by Crippen LogP contribution is 2.28. The van der Waals surface area contributed by atoms with Gasteiger partial charge in [-0.05, 0) is 42.0 Å². The normalized spacial score (nSPS) is 10.1. The summed E-state index contributed by atoms with van der Waals surface area (Å²) in [4.78, 5) is 1.96. The third kappa shape index (κ3) is 3.16. The molecule has 2 aromatic carbocycles. The largest absolute Gasteiger partial charge is 0.399 e. The Labute approximate surface area is 128 Å². The lowest BCUT2D eigenvalue weighted by Gasteiger charge is -2.21. The van der Waals surface area contributed by atoms with Crippen LogP contribution in [0.1, 0.15) is 11.1 Å². The van der Waals surface area contributed by atoms with E-state index in [1.54, 1.807) is 24.3 Å². The number of anilines is 2. The maximum Gasteiger partial charge on any atom is 0.0992 e. The molecule has 0 unspecified atom stereocenters. The molecule has 2 aromatic rings. The van der Waals surface area contributed by atoms with E-state index < -0.39 is 0 Å². The van der Waals surface area contributed by atoms with Gasteiger partial charge in [0.25, 0.3) is 0 Å². The van der Waals surface area contributed by atoms with Crippen molar-refractivity contribution in [3.05, 3.63) is 57.6 Å². The molecule has 0 aromatic heterocycles. The topological polar surface area (TPSA) is 53.0 Å². The molecule has 0 spiro atoms. The van der Waals surface area contributed by atoms with Gasteiger partial charge >= 0.3 is 0 Å². The van der Waals surface area contributed by atoms with Crippen LogP contribution in [0.2, 0.25) is 10.0 Å². The summed E-state index contributed by atoms with van der Waals surface area (Å²) in [6, 6.07) is 12.6. The van der Waals surface area contributed by atoms with Crippen molar-refractivity contribution in [2.75, 3.05) is 17.7 Å². The Bertz CT molecular complexity index is 677. The standard InChI is InChI=1S/C15H13Cl2N3/c1-20(9-11-7-12(19)3-4-13(11)16)15-5-2-10(8-18)6-14(15)17/h2-7H,9,19H2,1H3. The van der Waals surface area contributed by atoms with Gasteiger partial charge in [-0.3, -0.25) is 0 Å². The molecule has 3 nitrogen and oxygen atoms in total. The summed E-state index contributed by atoms with van der Waals surface area (Å²) in [7, 11) is 1.91. The summed E-state index contributed by atoms with van der Waals surface area (Å²) in [6.45, 7) is 0.579. The van der Waals surface area contributed by atoms with E-state index in [0.29, 0.717) is 27.8 Å². The molecule has 0 bridgehead atoms. The van der Waals surface area contributed by atoms with Crippen molar-refractivity contribution in [1.29, 1.82) is 5.26 Å². The molecule has 2 rings (SSSR count). The highest BCUT2D eigenvalue weighted by atomic mass is 35.5. The molecule has 0 heterocycles. The van der Waals surface area contributed by atoms with E-state index in [0.717, 1.165) is 11.3 Å². The van der Waals surface area contributed by atoms with E-state index in [1.807, 2.05) is 24.1 Å². The molecule has 2 N–H and O–H groups in total. The maximum absolute atomic E-state index is 8.84. The smallest absolute Gasteiger partial charge is 0.0992 e. The Morgan fingerprint density at radius 1 is 1.15 bits per heavy atom. The van der Waals surface area contributed by atoms with E-state index in [-0.39, 0.29) is 0 Å². The van der Waals surface area contributed by atoms with Crippen LogP contribution in [-0.4, -0.2) is 7.05 Å². The van der Waals surface area contributed by atoms with Crippen LogP contribution in [0.3, 0.4) is 0 Å². The molecule has 0 aliphatic carbocycles. The first-order valence-electron chi connectivity index (χ1n) is 5.96. The molecule has 102 valence electrons. The number of hydrogen-bond acceptors (Lipinski definition) is 3. The van der Waals surface area contributed by atoms with Crippen molar-refractivity contribution in [3.8, 4) is 6.07 Å². The lowest BCUT2D eigenvalue weighted by Crippen LogP contribution is -2.17. The minimum absolute atomic E-state index is 0.534. The number of nitriles is 1. The second kappa shape index (κ2) is 6.04. The lowest BCUT2D eigenvalue weighted by molar-refractivity contribution is 0.924. The summed E-state index contributed by atoms with van der Waals surface area (Å²) in [5, 5.41) is 10.0. The van der Waals surface area contributed by atoms with E-state index in [1.165, 1.54) is 0 Å². The van der Waals surface area contributed by atoms with Gasteiger partial charge in [0.1, 0.15) is 0 Å². The average molecular weight is 306 g/mol. The van der Waals surface area contributed by atoms with Gasteiger partial charge in [-0.15, -0.1) is 0 Å². The van der Waals surface area contributed by atoms with Gasteiger partial charge in [0, 0.05) is 24.3 Å². The van der Waals surface area contributed by atoms with Gasteiger partial charge in [0.05, 0.1) is 22.3 Å². The lowest BCUT2D eigenvalue weighted by atomic mass is 10.1. The monoisotopic (exact) mass is 305 g/mol. The molecule has 0 aliphatic rings. The predicted octanol–water partition coefficient (Wildman–Crippen LogP) is 4.08. The fraction of sp³-hybridized carbons (Fsp3) is 0.133. The third-order valence-electron chi connectivity index (χ3n) is 2.97. The molecule has 0 atom stereocenters. The van der Waals surface area contributed by atoms with E-state index in [4.69, 9.17) is 34.2 Å². The predicted molar refractivity (Wildman–Crippen MR) is 84.1 cm³/mol. The number of hydrogen-bond donors (Lipinski definition) is 1. The van der Waals surface area contributed by atoms with Crippen LogP contribution < -0.4 is 10.6 Å². The van der Waals surface area contributed by atoms with Crippen LogP contribution >= 0.6 is 23.2 Å². The van der Waals surface area contributed by atoms with Crippen molar-refractivity contribution >= 4 is 34.6 Å². The van der Waals surface area contributed by atoms with Crippen molar-refractivity contribution in [1.82, 2.24) is 0 Å². The van der Waals surface area contributed by atoms with Crippen LogP contribution in [0, 0.1) is 11.3 Å². The Kier molecular flexibility index (Phi) is 4.39. The molecular weight excluding hydrogens is 293 g/mol. The zero-order valence-electron chi connectivity index (χ0n) is 10.9. The number of halogens is 2. The number of nitrogen functional groups attached to an aromatic ring is 1. The SMILES string of the molecule is CN(Cc1cc(N)ccc1Cl)c1ccc(C#N)cc1Cl. The van der Waals surface area contributed by atoms with Crippen LogP contribution in [0.4, 0.5) is 11.4 Å². The molecule has 0 amide bonds. The third-order valence-corrected chi connectivity index (χ3v) is 3.64. The summed E-state index contributed by atoms with van der Waals surface area (Å²) >= 11 is 12.3. The summed E-state index contributed by atoms with van der Waals surface area (Å²) in [6.07, 6.45) is 0. The van der Waals surface area contributed by atoms with Gasteiger partial charge in [-0.2, -0.15) is 5.26 Å². The second-order valence-electron chi connectivity index (χ2n) is 4.48. The van der Waals surface area contributed by atoms with Crippen LogP contribution in [0.5, 0.6) is 0 Å². The van der Waals surface area contributed by atoms with E-state index in [2.05, 4.69) is 6.07 Å². The number of nitrogens with zero attached hydrogens (tertiary/aromatic N) is 2. The average Bonchev–Trinajstić information content (AvgIpc) is 2.42. The highest BCUT2D eigenvalue weighted by Gasteiger charge is 2.10. The Hall–Kier alpha value is -1.89. The molecule has 0 saturated carbocycles. The fourth-order valence-electron chi connectivity index (χ4n) is 1.94. The van der Waals surface area contributed by atoms with Gasteiger partial charge in [0.2, 0.25) is 0 Å². The minimum atomic E-state index is 0.534. The molecule has 5 heteroatoms. The number of nitrogens with two attached hydrogens (primary N) is 1. The Morgan fingerprint density at radius 3 is 2.55 bits per heavy atom. The van der Waals surface area contributed by atoms with Gasteiger partial charge in [-0.1, -0.05) is 23.2 Å². The van der Waals surface area contributed by atoms with E-state index in [9.17, 15) is 0 Å². The van der Waals surface area contributed by atoms with E-state index >= 15 is 0 Å². The summed E-state index contributed by atoms with van der Waals surface area (Å²) < 4.78 is 0. The van der Waals surface area contributed by atoms with Crippen molar-refractivity contribution in [2.45, 2.75) is 6.54 Å². The summed E-state index contributed by atoms with van der Waals surface area (Å²) in [5.74, 6) is 0. The molecule has 0 radical (unpaired) electrons. The number of benzene rings is 2. The highest BCUT2D eigenvalue weighted by molar-refractivity contribution is 6.33. The number of rotatable bonds is 3. The van der Waals surface area contributed by atoms with Crippen LogP contribution in [-0.2, 0) is 6.54 Å². The molecule has 20 heavy (non-hydrogen) atoms. The van der Waals surface area contributed by atoms with Crippen molar-refractivity contribution in [3.63, 3.8) is 0 Å². The van der Waals surface area contributed by atoms with Gasteiger partial charge in [-0.25, -0.2) is 0 Å². The van der Waals surface area contributed by atoms with Gasteiger partial charge in [0.15, 0.2) is 0 Å². The van der Waals surface area contributed by atoms with Crippen molar-refractivity contribution < 1.29 is 0 Å². The fourth-order valence-corrected chi connectivity index (χ4v) is 2.44. The Balaban J connectivity index is 2.26. The first-order valence-corrected chi connectivity index (χ1v) is 6.71. The molecular formula is C15H13Cl2N3. The van der Waals surface area contributed by atoms with Crippen LogP contribution in [0.25, 0.3) is 0 Å². The summed E-state index contributed by atoms with van der Waals surface area (Å²) in [5.41, 5.74) is 8.74. The van der Waals surface area contributed by atoms with Crippen molar-refractivity contribution in [2.24, 2.45) is 0 Å². The maximum atomic E-state index is 8.84. The second-order valence-corrected chi connectivity index (χ2v) is 5.30. The zero-order chi connectivity index (χ0) is 14.7. The minimum Gasteiger partial charge on any atom is -0.399 e. The van der Waals surface area contributed by atoms with Crippen LogP contribution in [0.15, 0.2) is 36.4 Å². The molecule has 0 saturated heterocycles. The first kappa shape index (κ1) is 14.5. The van der Waals surface area contributed by atoms with Gasteiger partial charge < -0.3 is 10.6 Å². The first-order chi connectivity index (χ1) is 9.51.